The average molecular weight is 477 g/mol. The first-order chi connectivity index (χ1) is 12.2. The van der Waals surface area contributed by atoms with Gasteiger partial charge in [-0.05, 0) is 50.3 Å². The van der Waals surface area contributed by atoms with Crippen LogP contribution in [-0.4, -0.2) is 46.0 Å². The second-order valence-corrected chi connectivity index (χ2v) is 6.44. The van der Waals surface area contributed by atoms with Crippen LogP contribution in [0.3, 0.4) is 0 Å². The van der Waals surface area contributed by atoms with Crippen molar-refractivity contribution in [3.05, 3.63) is 23.8 Å². The number of rotatable bonds is 8. The lowest BCUT2D eigenvalue weighted by Gasteiger charge is -2.18. The highest BCUT2D eigenvalue weighted by molar-refractivity contribution is 14.0. The minimum Gasteiger partial charge on any atom is -0.493 e. The maximum absolute atomic E-state index is 6.08. The van der Waals surface area contributed by atoms with Crippen molar-refractivity contribution in [2.24, 2.45) is 4.99 Å². The summed E-state index contributed by atoms with van der Waals surface area (Å²) >= 11 is 0. The minimum absolute atomic E-state index is 0. The molecule has 0 amide bonds. The molecule has 1 aliphatic carbocycles. The van der Waals surface area contributed by atoms with Gasteiger partial charge in [-0.2, -0.15) is 0 Å². The highest BCUT2D eigenvalue weighted by atomic mass is 127. The van der Waals surface area contributed by atoms with Crippen molar-refractivity contribution in [1.82, 2.24) is 10.6 Å². The summed E-state index contributed by atoms with van der Waals surface area (Å²) < 4.78 is 16.7. The van der Waals surface area contributed by atoms with E-state index in [1.807, 2.05) is 12.1 Å². The van der Waals surface area contributed by atoms with Gasteiger partial charge in [-0.3, -0.25) is 4.99 Å². The summed E-state index contributed by atoms with van der Waals surface area (Å²) in [6.45, 7) is 3.33. The topological polar surface area (TPSA) is 64.1 Å². The zero-order chi connectivity index (χ0) is 18.1. The quantitative estimate of drug-likeness (QED) is 0.342. The minimum atomic E-state index is 0. The first-order valence-corrected chi connectivity index (χ1v) is 8.96. The molecule has 1 aliphatic rings. The molecule has 1 unspecified atom stereocenters. The van der Waals surface area contributed by atoms with Crippen molar-refractivity contribution in [3.8, 4) is 11.5 Å². The molecule has 1 fully saturated rings. The molecular formula is C19H32IN3O3. The van der Waals surface area contributed by atoms with Gasteiger partial charge in [-0.15, -0.1) is 24.0 Å². The number of nitrogens with one attached hydrogen (secondary N) is 2. The van der Waals surface area contributed by atoms with E-state index < -0.39 is 0 Å². The fourth-order valence-electron chi connectivity index (χ4n) is 3.01. The van der Waals surface area contributed by atoms with Gasteiger partial charge in [-0.25, -0.2) is 0 Å². The molecular weight excluding hydrogens is 445 g/mol. The van der Waals surface area contributed by atoms with E-state index in [0.717, 1.165) is 35.9 Å². The molecule has 2 N–H and O–H groups in total. The number of ether oxygens (including phenoxy) is 3. The van der Waals surface area contributed by atoms with Gasteiger partial charge in [0, 0.05) is 26.7 Å². The summed E-state index contributed by atoms with van der Waals surface area (Å²) in [5.41, 5.74) is 1.11. The highest BCUT2D eigenvalue weighted by Crippen LogP contribution is 2.32. The number of guanidine groups is 1. The summed E-state index contributed by atoms with van der Waals surface area (Å²) in [6.07, 6.45) is 5.09. The van der Waals surface area contributed by atoms with E-state index in [9.17, 15) is 0 Å². The number of aliphatic imine (C=N–C) groups is 1. The Balaban J connectivity index is 0.00000338. The normalized spacial score (nSPS) is 15.9. The predicted octanol–water partition coefficient (Wildman–Crippen LogP) is 3.33. The third-order valence-electron chi connectivity index (χ3n) is 4.31. The third kappa shape index (κ3) is 7.19. The number of methoxy groups -OCH3 is 2. The van der Waals surface area contributed by atoms with E-state index in [1.165, 1.54) is 12.8 Å². The van der Waals surface area contributed by atoms with E-state index in [4.69, 9.17) is 14.2 Å². The zero-order valence-electron chi connectivity index (χ0n) is 16.2. The number of nitrogens with zero attached hydrogens (tertiary/aromatic N) is 1. The summed E-state index contributed by atoms with van der Waals surface area (Å²) in [6, 6.07) is 6.26. The van der Waals surface area contributed by atoms with Crippen LogP contribution in [0.4, 0.5) is 0 Å². The van der Waals surface area contributed by atoms with Crippen molar-refractivity contribution >= 4 is 29.9 Å². The molecule has 0 aliphatic heterocycles. The molecule has 148 valence electrons. The van der Waals surface area contributed by atoms with Gasteiger partial charge in [0.25, 0.3) is 0 Å². The van der Waals surface area contributed by atoms with Gasteiger partial charge < -0.3 is 24.8 Å². The first kappa shape index (κ1) is 22.8. The number of benzene rings is 1. The molecule has 0 saturated heterocycles. The lowest BCUT2D eigenvalue weighted by molar-refractivity contribution is 0.179. The molecule has 0 bridgehead atoms. The van der Waals surface area contributed by atoms with E-state index in [2.05, 4.69) is 28.6 Å². The fraction of sp³-hybridized carbons (Fsp3) is 0.632. The molecule has 0 radical (unpaired) electrons. The summed E-state index contributed by atoms with van der Waals surface area (Å²) in [7, 11) is 5.13. The fourth-order valence-corrected chi connectivity index (χ4v) is 3.01. The van der Waals surface area contributed by atoms with E-state index in [1.54, 1.807) is 21.3 Å². The molecule has 1 saturated carbocycles. The molecule has 7 heteroatoms. The van der Waals surface area contributed by atoms with E-state index in [-0.39, 0.29) is 30.0 Å². The van der Waals surface area contributed by atoms with E-state index in [0.29, 0.717) is 19.3 Å². The lowest BCUT2D eigenvalue weighted by Crippen LogP contribution is -2.43. The third-order valence-corrected chi connectivity index (χ3v) is 4.31. The average Bonchev–Trinajstić information content (AvgIpc) is 3.12. The summed E-state index contributed by atoms with van der Waals surface area (Å²) in [4.78, 5) is 4.24. The van der Waals surface area contributed by atoms with Crippen molar-refractivity contribution in [1.29, 1.82) is 0 Å². The van der Waals surface area contributed by atoms with Crippen LogP contribution in [0.15, 0.2) is 23.2 Å². The Hall–Kier alpha value is -1.22. The zero-order valence-corrected chi connectivity index (χ0v) is 18.5. The van der Waals surface area contributed by atoms with Crippen molar-refractivity contribution in [3.63, 3.8) is 0 Å². The van der Waals surface area contributed by atoms with Gasteiger partial charge >= 0.3 is 0 Å². The molecule has 0 heterocycles. The Bertz CT molecular complexity index is 563. The Kier molecular flexibility index (Phi) is 10.7. The largest absolute Gasteiger partial charge is 0.493 e. The van der Waals surface area contributed by atoms with Gasteiger partial charge in [0.2, 0.25) is 0 Å². The molecule has 26 heavy (non-hydrogen) atoms. The molecule has 0 spiro atoms. The Labute approximate surface area is 174 Å². The van der Waals surface area contributed by atoms with Crippen molar-refractivity contribution < 1.29 is 14.2 Å². The monoisotopic (exact) mass is 477 g/mol. The van der Waals surface area contributed by atoms with Crippen LogP contribution in [0.5, 0.6) is 11.5 Å². The van der Waals surface area contributed by atoms with Crippen LogP contribution in [-0.2, 0) is 11.3 Å². The second-order valence-electron chi connectivity index (χ2n) is 6.44. The van der Waals surface area contributed by atoms with Crippen LogP contribution in [0.2, 0.25) is 0 Å². The molecule has 6 nitrogen and oxygen atoms in total. The smallest absolute Gasteiger partial charge is 0.191 e. The van der Waals surface area contributed by atoms with Gasteiger partial charge in [0.05, 0.1) is 19.8 Å². The number of halogens is 1. The maximum atomic E-state index is 6.08. The Morgan fingerprint density at radius 2 is 1.96 bits per heavy atom. The van der Waals surface area contributed by atoms with E-state index >= 15 is 0 Å². The van der Waals surface area contributed by atoms with Crippen LogP contribution >= 0.6 is 24.0 Å². The number of hydrogen-bond donors (Lipinski definition) is 2. The van der Waals surface area contributed by atoms with Gasteiger partial charge in [-0.1, -0.05) is 6.07 Å². The summed E-state index contributed by atoms with van der Waals surface area (Å²) in [5, 5.41) is 6.59. The van der Waals surface area contributed by atoms with Gasteiger partial charge in [0.15, 0.2) is 17.5 Å². The Morgan fingerprint density at radius 3 is 2.58 bits per heavy atom. The van der Waals surface area contributed by atoms with Crippen LogP contribution in [0.25, 0.3) is 0 Å². The highest BCUT2D eigenvalue weighted by Gasteiger charge is 2.18. The first-order valence-electron chi connectivity index (χ1n) is 8.96. The summed E-state index contributed by atoms with van der Waals surface area (Å²) in [5.74, 6) is 2.35. The number of hydrogen-bond acceptors (Lipinski definition) is 4. The molecule has 1 aromatic rings. The second kappa shape index (κ2) is 12.2. The molecule has 1 aromatic carbocycles. The van der Waals surface area contributed by atoms with Gasteiger partial charge in [0.1, 0.15) is 0 Å². The van der Waals surface area contributed by atoms with Crippen LogP contribution in [0, 0.1) is 0 Å². The lowest BCUT2D eigenvalue weighted by atomic mass is 10.2. The van der Waals surface area contributed by atoms with Crippen molar-refractivity contribution in [2.45, 2.75) is 51.3 Å². The standard InChI is InChI=1S/C19H31N3O3.HI/c1-14(13-23-3)22-19(20-2)21-12-15-9-10-17(18(11-15)24-4)25-16-7-5-6-8-16;/h9-11,14,16H,5-8,12-13H2,1-4H3,(H2,20,21,22);1H. The van der Waals surface area contributed by atoms with Crippen molar-refractivity contribution in [2.75, 3.05) is 27.9 Å². The van der Waals surface area contributed by atoms with Crippen LogP contribution in [0.1, 0.15) is 38.2 Å². The predicted molar refractivity (Wildman–Crippen MR) is 116 cm³/mol. The van der Waals surface area contributed by atoms with Crippen LogP contribution < -0.4 is 20.1 Å². The molecule has 1 atom stereocenters. The molecule has 2 rings (SSSR count). The Morgan fingerprint density at radius 1 is 1.23 bits per heavy atom. The molecule has 0 aromatic heterocycles. The maximum Gasteiger partial charge on any atom is 0.191 e. The SMILES string of the molecule is CN=C(NCc1ccc(OC2CCCC2)c(OC)c1)NC(C)COC.I.